The molecule has 1 aliphatic rings. The summed E-state index contributed by atoms with van der Waals surface area (Å²) in [7, 11) is 0. The molecule has 1 aliphatic carbocycles. The highest BCUT2D eigenvalue weighted by Crippen LogP contribution is 2.32. The Morgan fingerprint density at radius 1 is 1.43 bits per heavy atom. The minimum absolute atomic E-state index is 0.304. The molecular formula is C13H21N7O. The third-order valence-electron chi connectivity index (χ3n) is 4.23. The predicted molar refractivity (Wildman–Crippen MR) is 80.6 cm³/mol. The fraction of sp³-hybridized carbons (Fsp3) is 0.615. The summed E-state index contributed by atoms with van der Waals surface area (Å²) in [6, 6.07) is 0. The van der Waals surface area contributed by atoms with Crippen LogP contribution in [0.25, 0.3) is 11.0 Å². The zero-order chi connectivity index (χ0) is 14.9. The van der Waals surface area contributed by atoms with Gasteiger partial charge in [0.05, 0.1) is 17.2 Å². The lowest BCUT2D eigenvalue weighted by Crippen LogP contribution is -2.40. The van der Waals surface area contributed by atoms with Gasteiger partial charge in [0, 0.05) is 6.54 Å². The number of anilines is 2. The Hall–Kier alpha value is -1.93. The predicted octanol–water partition coefficient (Wildman–Crippen LogP) is 0.992. The number of nitrogen functional groups attached to an aromatic ring is 1. The van der Waals surface area contributed by atoms with Gasteiger partial charge in [-0.25, -0.2) is 5.84 Å². The second-order valence-corrected chi connectivity index (χ2v) is 5.93. The van der Waals surface area contributed by atoms with Crippen LogP contribution in [-0.2, 0) is 0 Å². The number of rotatable bonds is 4. The monoisotopic (exact) mass is 291 g/mol. The van der Waals surface area contributed by atoms with Crippen molar-refractivity contribution < 1.29 is 5.11 Å². The molecule has 0 aromatic carbocycles. The molecule has 3 rings (SSSR count). The minimum atomic E-state index is -0.677. The first-order valence-electron chi connectivity index (χ1n) is 7.24. The normalized spacial score (nSPS) is 26.0. The standard InChI is InChI=1S/C13H21N7O/c1-8-2-4-13(21,5-3-8)7-15-10-9-6-16-20-11(9)18-12(17-10)19-14/h6,8,21H,2-5,7,14H2,1H3,(H3,15,16,17,18,19,20). The molecule has 114 valence electrons. The number of fused-ring (bicyclic) bond motifs is 1. The third-order valence-corrected chi connectivity index (χ3v) is 4.23. The summed E-state index contributed by atoms with van der Waals surface area (Å²) in [6.07, 6.45) is 5.38. The number of H-pyrrole nitrogens is 1. The molecule has 0 aliphatic heterocycles. The largest absolute Gasteiger partial charge is 0.388 e. The van der Waals surface area contributed by atoms with E-state index in [0.29, 0.717) is 29.9 Å². The Bertz CT molecular complexity index is 618. The topological polar surface area (TPSA) is 125 Å². The number of aromatic nitrogens is 4. The number of nitrogens with two attached hydrogens (primary N) is 1. The lowest BCUT2D eigenvalue weighted by molar-refractivity contribution is 0.00497. The van der Waals surface area contributed by atoms with Crippen molar-refractivity contribution in [3.63, 3.8) is 0 Å². The summed E-state index contributed by atoms with van der Waals surface area (Å²) in [5.74, 6) is 6.99. The molecular weight excluding hydrogens is 270 g/mol. The van der Waals surface area contributed by atoms with E-state index in [1.807, 2.05) is 0 Å². The first-order valence-corrected chi connectivity index (χ1v) is 7.24. The number of nitrogens with one attached hydrogen (secondary N) is 3. The van der Waals surface area contributed by atoms with Gasteiger partial charge in [0.25, 0.3) is 0 Å². The van der Waals surface area contributed by atoms with E-state index in [0.717, 1.165) is 31.1 Å². The van der Waals surface area contributed by atoms with Crippen LogP contribution >= 0.6 is 0 Å². The molecule has 8 heteroatoms. The molecule has 2 aromatic rings. The zero-order valence-corrected chi connectivity index (χ0v) is 12.1. The number of aliphatic hydroxyl groups is 1. The maximum Gasteiger partial charge on any atom is 0.241 e. The Morgan fingerprint density at radius 2 is 2.19 bits per heavy atom. The average molecular weight is 291 g/mol. The van der Waals surface area contributed by atoms with Crippen molar-refractivity contribution in [3.8, 4) is 0 Å². The van der Waals surface area contributed by atoms with Gasteiger partial charge in [0.15, 0.2) is 5.65 Å². The van der Waals surface area contributed by atoms with E-state index >= 15 is 0 Å². The number of aromatic amines is 1. The molecule has 2 heterocycles. The van der Waals surface area contributed by atoms with Crippen LogP contribution in [0.5, 0.6) is 0 Å². The molecule has 2 aromatic heterocycles. The maximum atomic E-state index is 10.6. The molecule has 21 heavy (non-hydrogen) atoms. The van der Waals surface area contributed by atoms with Crippen LogP contribution in [0.2, 0.25) is 0 Å². The highest BCUT2D eigenvalue weighted by atomic mass is 16.3. The molecule has 1 saturated carbocycles. The van der Waals surface area contributed by atoms with Crippen molar-refractivity contribution >= 4 is 22.8 Å². The average Bonchev–Trinajstić information content (AvgIpc) is 2.96. The minimum Gasteiger partial charge on any atom is -0.388 e. The first-order chi connectivity index (χ1) is 10.1. The van der Waals surface area contributed by atoms with Crippen LogP contribution in [0, 0.1) is 5.92 Å². The van der Waals surface area contributed by atoms with E-state index in [1.165, 1.54) is 0 Å². The summed E-state index contributed by atoms with van der Waals surface area (Å²) < 4.78 is 0. The molecule has 0 bridgehead atoms. The van der Waals surface area contributed by atoms with Crippen LogP contribution in [0.15, 0.2) is 6.20 Å². The molecule has 0 spiro atoms. The van der Waals surface area contributed by atoms with Crippen molar-refractivity contribution in [2.45, 2.75) is 38.2 Å². The van der Waals surface area contributed by atoms with Gasteiger partial charge >= 0.3 is 0 Å². The van der Waals surface area contributed by atoms with Crippen molar-refractivity contribution in [2.75, 3.05) is 17.3 Å². The van der Waals surface area contributed by atoms with Gasteiger partial charge in [0.2, 0.25) is 5.95 Å². The van der Waals surface area contributed by atoms with Crippen LogP contribution in [0.4, 0.5) is 11.8 Å². The molecule has 8 nitrogen and oxygen atoms in total. The molecule has 0 saturated heterocycles. The Morgan fingerprint density at radius 3 is 2.90 bits per heavy atom. The highest BCUT2D eigenvalue weighted by Gasteiger charge is 2.31. The van der Waals surface area contributed by atoms with Gasteiger partial charge in [-0.1, -0.05) is 6.92 Å². The lowest BCUT2D eigenvalue weighted by atomic mass is 9.79. The number of hydrazine groups is 1. The first kappa shape index (κ1) is 14.0. The summed E-state index contributed by atoms with van der Waals surface area (Å²) >= 11 is 0. The van der Waals surface area contributed by atoms with E-state index in [1.54, 1.807) is 6.20 Å². The fourth-order valence-electron chi connectivity index (χ4n) is 2.76. The number of nitrogens with zero attached hydrogens (tertiary/aromatic N) is 3. The molecule has 0 radical (unpaired) electrons. The summed E-state index contributed by atoms with van der Waals surface area (Å²) in [5.41, 5.74) is 2.35. The second kappa shape index (κ2) is 5.45. The van der Waals surface area contributed by atoms with Crippen molar-refractivity contribution in [1.29, 1.82) is 0 Å². The second-order valence-electron chi connectivity index (χ2n) is 5.93. The number of hydrogen-bond acceptors (Lipinski definition) is 7. The van der Waals surface area contributed by atoms with E-state index in [2.05, 4.69) is 37.8 Å². The van der Waals surface area contributed by atoms with Gasteiger partial charge in [0.1, 0.15) is 5.82 Å². The molecule has 6 N–H and O–H groups in total. The van der Waals surface area contributed by atoms with Gasteiger partial charge < -0.3 is 10.4 Å². The zero-order valence-electron chi connectivity index (χ0n) is 12.1. The third kappa shape index (κ3) is 2.91. The van der Waals surface area contributed by atoms with Crippen molar-refractivity contribution in [3.05, 3.63) is 6.20 Å². The maximum absolute atomic E-state index is 10.6. The quantitative estimate of drug-likeness (QED) is 0.420. The Kier molecular flexibility index (Phi) is 3.64. The Balaban J connectivity index is 1.77. The van der Waals surface area contributed by atoms with Crippen LogP contribution in [0.1, 0.15) is 32.6 Å². The van der Waals surface area contributed by atoms with Crippen molar-refractivity contribution in [1.82, 2.24) is 20.2 Å². The Labute approximate surface area is 122 Å². The van der Waals surface area contributed by atoms with E-state index in [4.69, 9.17) is 5.84 Å². The summed E-state index contributed by atoms with van der Waals surface area (Å²) in [5, 5.41) is 21.4. The lowest BCUT2D eigenvalue weighted by Gasteiger charge is -2.35. The van der Waals surface area contributed by atoms with Crippen LogP contribution in [0.3, 0.4) is 0 Å². The fourth-order valence-corrected chi connectivity index (χ4v) is 2.76. The van der Waals surface area contributed by atoms with E-state index in [9.17, 15) is 5.11 Å². The SMILES string of the molecule is CC1CCC(O)(CNc2nc(NN)nc3[nH]ncc23)CC1. The summed E-state index contributed by atoms with van der Waals surface area (Å²) in [4.78, 5) is 8.46. The van der Waals surface area contributed by atoms with Crippen LogP contribution in [-0.4, -0.2) is 37.4 Å². The van der Waals surface area contributed by atoms with Gasteiger partial charge in [-0.3, -0.25) is 10.5 Å². The highest BCUT2D eigenvalue weighted by molar-refractivity contribution is 5.86. The number of hydrogen-bond donors (Lipinski definition) is 5. The molecule has 0 unspecified atom stereocenters. The van der Waals surface area contributed by atoms with Gasteiger partial charge in [-0.15, -0.1) is 0 Å². The van der Waals surface area contributed by atoms with Crippen LogP contribution < -0.4 is 16.6 Å². The van der Waals surface area contributed by atoms with E-state index in [-0.39, 0.29) is 0 Å². The molecule has 1 fully saturated rings. The van der Waals surface area contributed by atoms with Gasteiger partial charge in [-0.2, -0.15) is 15.1 Å². The summed E-state index contributed by atoms with van der Waals surface area (Å²) in [6.45, 7) is 2.69. The smallest absolute Gasteiger partial charge is 0.241 e. The van der Waals surface area contributed by atoms with Crippen molar-refractivity contribution in [2.24, 2.45) is 11.8 Å². The molecule has 0 amide bonds. The van der Waals surface area contributed by atoms with Gasteiger partial charge in [-0.05, 0) is 31.6 Å². The molecule has 0 atom stereocenters. The van der Waals surface area contributed by atoms with E-state index < -0.39 is 5.60 Å².